The van der Waals surface area contributed by atoms with E-state index in [-0.39, 0.29) is 6.03 Å². The first kappa shape index (κ1) is 15.7. The normalized spacial score (nSPS) is 10.5. The fourth-order valence-corrected chi connectivity index (χ4v) is 3.55. The van der Waals surface area contributed by atoms with Gasteiger partial charge in [-0.25, -0.2) is 14.8 Å². The fraction of sp³-hybridized carbons (Fsp3) is 0.0714. The van der Waals surface area contributed by atoms with Crippen molar-refractivity contribution in [2.24, 2.45) is 0 Å². The Morgan fingerprint density at radius 2 is 1.96 bits per heavy atom. The second-order valence-electron chi connectivity index (χ2n) is 4.59. The third-order valence-corrected chi connectivity index (χ3v) is 4.89. The van der Waals surface area contributed by atoms with E-state index in [0.29, 0.717) is 21.0 Å². The molecule has 0 radical (unpaired) electrons. The molecule has 118 valence electrons. The highest BCUT2D eigenvalue weighted by atomic mass is 35.5. The van der Waals surface area contributed by atoms with Gasteiger partial charge in [0.15, 0.2) is 10.3 Å². The van der Waals surface area contributed by atoms with Crippen LogP contribution in [-0.2, 0) is 0 Å². The summed E-state index contributed by atoms with van der Waals surface area (Å²) in [7, 11) is 0. The molecule has 0 fully saturated rings. The van der Waals surface area contributed by atoms with Gasteiger partial charge < -0.3 is 11.1 Å². The van der Waals surface area contributed by atoms with Crippen molar-refractivity contribution >= 4 is 56.3 Å². The van der Waals surface area contributed by atoms with Gasteiger partial charge in [0.25, 0.3) is 0 Å². The Hall–Kier alpha value is -2.16. The van der Waals surface area contributed by atoms with E-state index in [4.69, 9.17) is 17.3 Å². The van der Waals surface area contributed by atoms with E-state index < -0.39 is 0 Å². The molecule has 0 aliphatic heterocycles. The smallest absolute Gasteiger partial charge is 0.325 e. The number of aromatic nitrogens is 2. The number of anilines is 3. The minimum atomic E-state index is -0.370. The number of urea groups is 1. The zero-order chi connectivity index (χ0) is 16.4. The van der Waals surface area contributed by atoms with Crippen LogP contribution < -0.4 is 16.4 Å². The summed E-state index contributed by atoms with van der Waals surface area (Å²) in [6.45, 7) is 1.86. The maximum atomic E-state index is 12.0. The number of nitrogen functional groups attached to an aromatic ring is 1. The number of benzene rings is 1. The van der Waals surface area contributed by atoms with Gasteiger partial charge in [0, 0.05) is 16.1 Å². The first-order valence-corrected chi connectivity index (χ1v) is 8.61. The lowest BCUT2D eigenvalue weighted by Crippen LogP contribution is -2.19. The van der Waals surface area contributed by atoms with Crippen LogP contribution in [0.3, 0.4) is 0 Å². The van der Waals surface area contributed by atoms with Crippen LogP contribution >= 0.6 is 34.3 Å². The Kier molecular flexibility index (Phi) is 4.46. The van der Waals surface area contributed by atoms with E-state index in [2.05, 4.69) is 20.6 Å². The van der Waals surface area contributed by atoms with Crippen molar-refractivity contribution < 1.29 is 4.79 Å². The molecule has 4 N–H and O–H groups in total. The summed E-state index contributed by atoms with van der Waals surface area (Å²) in [5, 5.41) is 8.90. The van der Waals surface area contributed by atoms with Gasteiger partial charge >= 0.3 is 6.03 Å². The van der Waals surface area contributed by atoms with E-state index in [1.807, 2.05) is 12.3 Å². The zero-order valence-corrected chi connectivity index (χ0v) is 14.4. The third-order valence-electron chi connectivity index (χ3n) is 2.87. The van der Waals surface area contributed by atoms with Crippen molar-refractivity contribution in [3.8, 4) is 10.6 Å². The van der Waals surface area contributed by atoms with Crippen LogP contribution in [0, 0.1) is 6.92 Å². The highest BCUT2D eigenvalue weighted by molar-refractivity contribution is 7.19. The lowest BCUT2D eigenvalue weighted by molar-refractivity contribution is 0.262. The van der Waals surface area contributed by atoms with Crippen molar-refractivity contribution in [2.75, 3.05) is 16.4 Å². The van der Waals surface area contributed by atoms with E-state index in [1.54, 1.807) is 24.3 Å². The molecule has 1 aromatic carbocycles. The molecule has 2 amide bonds. The minimum absolute atomic E-state index is 0.370. The molecule has 0 aliphatic carbocycles. The van der Waals surface area contributed by atoms with Gasteiger partial charge in [-0.05, 0) is 31.2 Å². The summed E-state index contributed by atoms with van der Waals surface area (Å²) < 4.78 is 0. The van der Waals surface area contributed by atoms with Gasteiger partial charge in [0.05, 0.1) is 16.3 Å². The summed E-state index contributed by atoms with van der Waals surface area (Å²) in [4.78, 5) is 21.5. The lowest BCUT2D eigenvalue weighted by Gasteiger charge is -2.05. The maximum Gasteiger partial charge on any atom is 0.325 e. The van der Waals surface area contributed by atoms with E-state index in [0.717, 1.165) is 16.3 Å². The van der Waals surface area contributed by atoms with E-state index in [9.17, 15) is 4.79 Å². The van der Waals surface area contributed by atoms with Gasteiger partial charge in [-0.15, -0.1) is 11.3 Å². The van der Waals surface area contributed by atoms with Crippen molar-refractivity contribution in [1.29, 1.82) is 0 Å². The highest BCUT2D eigenvalue weighted by Crippen LogP contribution is 2.33. The number of carbonyl (C=O) groups excluding carboxylic acids is 1. The number of thiazole rings is 2. The Morgan fingerprint density at radius 3 is 2.61 bits per heavy atom. The molecule has 0 saturated carbocycles. The molecule has 9 heteroatoms. The topological polar surface area (TPSA) is 92.9 Å². The average Bonchev–Trinajstić information content (AvgIpc) is 3.07. The summed E-state index contributed by atoms with van der Waals surface area (Å²) in [6, 6.07) is 6.48. The predicted octanol–water partition coefficient (Wildman–Crippen LogP) is 4.45. The van der Waals surface area contributed by atoms with Crippen molar-refractivity contribution in [3.63, 3.8) is 0 Å². The molecule has 0 aliphatic rings. The molecule has 23 heavy (non-hydrogen) atoms. The monoisotopic (exact) mass is 365 g/mol. The summed E-state index contributed by atoms with van der Waals surface area (Å²) in [6.07, 6.45) is 0. The number of hydrogen-bond acceptors (Lipinski definition) is 6. The number of nitrogens with one attached hydrogen (secondary N) is 2. The Bertz CT molecular complexity index is 843. The van der Waals surface area contributed by atoms with Crippen LogP contribution in [0.1, 0.15) is 5.69 Å². The molecular formula is C14H12ClN5OS2. The minimum Gasteiger partial charge on any atom is -0.375 e. The number of halogens is 1. The molecule has 3 rings (SSSR count). The van der Waals surface area contributed by atoms with E-state index in [1.165, 1.54) is 22.7 Å². The van der Waals surface area contributed by atoms with Gasteiger partial charge in [-0.2, -0.15) is 0 Å². The largest absolute Gasteiger partial charge is 0.375 e. The van der Waals surface area contributed by atoms with Gasteiger partial charge in [0.2, 0.25) is 0 Å². The van der Waals surface area contributed by atoms with Gasteiger partial charge in [0.1, 0.15) is 0 Å². The molecule has 0 saturated heterocycles. The molecule has 0 unspecified atom stereocenters. The predicted molar refractivity (Wildman–Crippen MR) is 96.5 cm³/mol. The average molecular weight is 366 g/mol. The number of rotatable bonds is 3. The Morgan fingerprint density at radius 1 is 1.22 bits per heavy atom. The van der Waals surface area contributed by atoms with E-state index >= 15 is 0 Å². The van der Waals surface area contributed by atoms with Crippen molar-refractivity contribution in [1.82, 2.24) is 9.97 Å². The molecule has 0 bridgehead atoms. The number of nitrogens with zero attached hydrogens (tertiary/aromatic N) is 2. The van der Waals surface area contributed by atoms with Crippen LogP contribution in [0.15, 0.2) is 29.6 Å². The molecule has 0 spiro atoms. The SMILES string of the molecule is Cc1nc(NC(=O)Nc2ccc(Cl)cc2)sc1-c1csc(N)n1. The molecular weight excluding hydrogens is 354 g/mol. The first-order chi connectivity index (χ1) is 11.0. The van der Waals surface area contributed by atoms with Crippen LogP contribution in [-0.4, -0.2) is 16.0 Å². The van der Waals surface area contributed by atoms with Gasteiger partial charge in [-0.1, -0.05) is 22.9 Å². The second-order valence-corrected chi connectivity index (χ2v) is 6.92. The number of amides is 2. The number of carbonyl (C=O) groups is 1. The van der Waals surface area contributed by atoms with Crippen LogP contribution in [0.5, 0.6) is 0 Å². The summed E-state index contributed by atoms with van der Waals surface area (Å²) in [5.74, 6) is 0. The van der Waals surface area contributed by atoms with Crippen molar-refractivity contribution in [2.45, 2.75) is 6.92 Å². The third kappa shape index (κ3) is 3.79. The molecule has 3 aromatic rings. The zero-order valence-electron chi connectivity index (χ0n) is 12.0. The first-order valence-electron chi connectivity index (χ1n) is 6.53. The van der Waals surface area contributed by atoms with Crippen LogP contribution in [0.4, 0.5) is 20.7 Å². The standard InChI is InChI=1S/C14H12ClN5OS2/c1-7-11(10-6-22-12(16)19-10)23-14(17-7)20-13(21)18-9-4-2-8(15)3-5-9/h2-6H,1H3,(H2,16,19)(H2,17,18,20,21). The van der Waals surface area contributed by atoms with Crippen LogP contribution in [0.2, 0.25) is 5.02 Å². The highest BCUT2D eigenvalue weighted by Gasteiger charge is 2.14. The number of nitrogens with two attached hydrogens (primary N) is 1. The van der Waals surface area contributed by atoms with Crippen molar-refractivity contribution in [3.05, 3.63) is 40.4 Å². The van der Waals surface area contributed by atoms with Gasteiger partial charge in [-0.3, -0.25) is 5.32 Å². The molecule has 2 heterocycles. The summed E-state index contributed by atoms with van der Waals surface area (Å²) >= 11 is 8.53. The fourth-order valence-electron chi connectivity index (χ4n) is 1.87. The molecule has 0 atom stereocenters. The maximum absolute atomic E-state index is 12.0. The molecule has 2 aromatic heterocycles. The van der Waals surface area contributed by atoms with Crippen LogP contribution in [0.25, 0.3) is 10.6 Å². The number of hydrogen-bond donors (Lipinski definition) is 3. The quantitative estimate of drug-likeness (QED) is 0.639. The Balaban J connectivity index is 1.70. The lowest BCUT2D eigenvalue weighted by atomic mass is 10.3. The second kappa shape index (κ2) is 6.53. The number of aryl methyl sites for hydroxylation is 1. The summed E-state index contributed by atoms with van der Waals surface area (Å²) in [5.41, 5.74) is 7.86. The Labute approximate surface area is 145 Å². The molecule has 6 nitrogen and oxygen atoms in total.